The van der Waals surface area contributed by atoms with E-state index in [2.05, 4.69) is 46.8 Å². The highest BCUT2D eigenvalue weighted by atomic mass is 16.6. The highest BCUT2D eigenvalue weighted by molar-refractivity contribution is 5.47. The third-order valence-corrected chi connectivity index (χ3v) is 5.86. The molecule has 25 heavy (non-hydrogen) atoms. The van der Waals surface area contributed by atoms with Gasteiger partial charge in [-0.25, -0.2) is 0 Å². The summed E-state index contributed by atoms with van der Waals surface area (Å²) < 4.78 is 17.6. The summed E-state index contributed by atoms with van der Waals surface area (Å²) in [6, 6.07) is 6.20. The van der Waals surface area contributed by atoms with Gasteiger partial charge in [0.2, 0.25) is 0 Å². The van der Waals surface area contributed by atoms with Gasteiger partial charge in [0.15, 0.2) is 0 Å². The van der Waals surface area contributed by atoms with Gasteiger partial charge in [-0.2, -0.15) is 0 Å². The number of epoxide rings is 1. The fourth-order valence-corrected chi connectivity index (χ4v) is 3.79. The molecule has 0 spiro atoms. The van der Waals surface area contributed by atoms with Crippen LogP contribution in [0.5, 0.6) is 11.5 Å². The average molecular weight is 344 g/mol. The number of hydrogen-bond acceptors (Lipinski definition) is 3. The molecule has 0 saturated carbocycles. The second kappa shape index (κ2) is 7.03. The van der Waals surface area contributed by atoms with Gasteiger partial charge in [-0.3, -0.25) is 0 Å². The van der Waals surface area contributed by atoms with Crippen LogP contribution in [0.2, 0.25) is 0 Å². The van der Waals surface area contributed by atoms with Crippen LogP contribution in [0.15, 0.2) is 29.8 Å². The molecule has 3 heteroatoms. The lowest BCUT2D eigenvalue weighted by Gasteiger charge is -2.15. The Hall–Kier alpha value is -1.48. The zero-order valence-electron chi connectivity index (χ0n) is 16.4. The van der Waals surface area contributed by atoms with Gasteiger partial charge in [0.05, 0.1) is 18.3 Å². The largest absolute Gasteiger partial charge is 0.492 e. The van der Waals surface area contributed by atoms with E-state index in [0.29, 0.717) is 12.7 Å². The van der Waals surface area contributed by atoms with Crippen LogP contribution in [0.25, 0.3) is 0 Å². The lowest BCUT2D eigenvalue weighted by atomic mass is 9.87. The summed E-state index contributed by atoms with van der Waals surface area (Å²) in [6.45, 7) is 12.4. The molecule has 1 aromatic carbocycles. The summed E-state index contributed by atoms with van der Waals surface area (Å²) in [4.78, 5) is 0. The third-order valence-electron chi connectivity index (χ3n) is 5.86. The van der Waals surface area contributed by atoms with Crippen LogP contribution < -0.4 is 9.47 Å². The summed E-state index contributed by atoms with van der Waals surface area (Å²) in [5, 5.41) is 0. The molecule has 0 amide bonds. The molecule has 1 saturated heterocycles. The van der Waals surface area contributed by atoms with Gasteiger partial charge in [0.25, 0.3) is 0 Å². The van der Waals surface area contributed by atoms with E-state index in [-0.39, 0.29) is 11.0 Å². The van der Waals surface area contributed by atoms with Crippen LogP contribution in [0.4, 0.5) is 0 Å². The lowest BCUT2D eigenvalue weighted by molar-refractivity contribution is 0.278. The summed E-state index contributed by atoms with van der Waals surface area (Å²) >= 11 is 0. The number of hydrogen-bond donors (Lipinski definition) is 0. The molecule has 1 atom stereocenters. The molecule has 0 N–H and O–H groups in total. The van der Waals surface area contributed by atoms with E-state index in [4.69, 9.17) is 14.2 Å². The molecular formula is C22H32O3. The predicted molar refractivity (Wildman–Crippen MR) is 102 cm³/mol. The van der Waals surface area contributed by atoms with E-state index in [1.54, 1.807) is 0 Å². The Balaban J connectivity index is 1.46. The van der Waals surface area contributed by atoms with Crippen molar-refractivity contribution in [2.45, 2.75) is 77.4 Å². The molecule has 2 heterocycles. The first-order chi connectivity index (χ1) is 11.9. The quantitative estimate of drug-likeness (QED) is 0.466. The Morgan fingerprint density at radius 3 is 2.72 bits per heavy atom. The summed E-state index contributed by atoms with van der Waals surface area (Å²) in [5.41, 5.74) is 2.91. The zero-order valence-corrected chi connectivity index (χ0v) is 16.4. The van der Waals surface area contributed by atoms with E-state index < -0.39 is 0 Å². The monoisotopic (exact) mass is 344 g/mol. The Morgan fingerprint density at radius 1 is 1.28 bits per heavy atom. The minimum Gasteiger partial charge on any atom is -0.492 e. The molecule has 3 nitrogen and oxygen atoms in total. The molecule has 138 valence electrons. The molecule has 0 aromatic heterocycles. The van der Waals surface area contributed by atoms with Crippen LogP contribution in [0.1, 0.15) is 65.9 Å². The van der Waals surface area contributed by atoms with Crippen LogP contribution in [-0.2, 0) is 10.2 Å². The van der Waals surface area contributed by atoms with Gasteiger partial charge >= 0.3 is 0 Å². The average Bonchev–Trinajstić information content (AvgIpc) is 3.24. The normalized spacial score (nSPS) is 23.1. The maximum absolute atomic E-state index is 5.91. The Bertz CT molecular complexity index is 641. The van der Waals surface area contributed by atoms with Crippen molar-refractivity contribution in [1.82, 2.24) is 0 Å². The van der Waals surface area contributed by atoms with Crippen molar-refractivity contribution in [2.24, 2.45) is 0 Å². The van der Waals surface area contributed by atoms with Gasteiger partial charge in [0.1, 0.15) is 18.1 Å². The highest BCUT2D eigenvalue weighted by Crippen LogP contribution is 2.45. The molecule has 2 aliphatic rings. The number of allylic oxidation sites excluding steroid dienone is 1. The van der Waals surface area contributed by atoms with Crippen LogP contribution >= 0.6 is 0 Å². The van der Waals surface area contributed by atoms with Gasteiger partial charge in [-0.05, 0) is 44.7 Å². The topological polar surface area (TPSA) is 31.0 Å². The lowest BCUT2D eigenvalue weighted by Crippen LogP contribution is -2.18. The third kappa shape index (κ3) is 3.87. The molecular weight excluding hydrogens is 312 g/mol. The van der Waals surface area contributed by atoms with Crippen LogP contribution in [-0.4, -0.2) is 24.9 Å². The molecule has 3 rings (SSSR count). The van der Waals surface area contributed by atoms with Crippen molar-refractivity contribution in [2.75, 3.05) is 13.2 Å². The molecule has 1 fully saturated rings. The highest BCUT2D eigenvalue weighted by Gasteiger charge is 2.52. The van der Waals surface area contributed by atoms with Crippen molar-refractivity contribution >= 4 is 0 Å². The van der Waals surface area contributed by atoms with E-state index in [1.807, 2.05) is 12.1 Å². The van der Waals surface area contributed by atoms with Crippen molar-refractivity contribution in [1.29, 1.82) is 0 Å². The SMILES string of the molecule is CCC1(CC)OC1CC/C(C)=C/COc1ccc2c(c1)OCC2(C)C. The van der Waals surface area contributed by atoms with Gasteiger partial charge in [0, 0.05) is 17.0 Å². The van der Waals surface area contributed by atoms with Crippen molar-refractivity contribution in [3.05, 3.63) is 35.4 Å². The number of rotatable bonds is 8. The Kier molecular flexibility index (Phi) is 5.15. The molecule has 0 bridgehead atoms. The first-order valence-electron chi connectivity index (χ1n) is 9.64. The maximum Gasteiger partial charge on any atom is 0.126 e. The van der Waals surface area contributed by atoms with Gasteiger partial charge in [-0.1, -0.05) is 39.3 Å². The summed E-state index contributed by atoms with van der Waals surface area (Å²) in [7, 11) is 0. The van der Waals surface area contributed by atoms with E-state index in [9.17, 15) is 0 Å². The summed E-state index contributed by atoms with van der Waals surface area (Å²) in [6.07, 6.45) is 7.07. The number of ether oxygens (including phenoxy) is 3. The minimum absolute atomic E-state index is 0.0986. The van der Waals surface area contributed by atoms with Crippen LogP contribution in [0.3, 0.4) is 0 Å². The fraction of sp³-hybridized carbons (Fsp3) is 0.636. The second-order valence-corrected chi connectivity index (χ2v) is 8.11. The van der Waals surface area contributed by atoms with Crippen molar-refractivity contribution < 1.29 is 14.2 Å². The van der Waals surface area contributed by atoms with Gasteiger partial charge in [-0.15, -0.1) is 0 Å². The first kappa shape index (κ1) is 18.3. The smallest absolute Gasteiger partial charge is 0.126 e. The standard InChI is InChI=1S/C22H32O3/c1-6-22(7-2)20(25-22)11-8-16(3)12-13-23-17-9-10-18-19(14-17)24-15-21(18,4)5/h9-10,12,14,20H,6-8,11,13,15H2,1-5H3/b16-12+. The van der Waals surface area contributed by atoms with Crippen molar-refractivity contribution in [3.8, 4) is 11.5 Å². The maximum atomic E-state index is 5.91. The van der Waals surface area contributed by atoms with Crippen molar-refractivity contribution in [3.63, 3.8) is 0 Å². The van der Waals surface area contributed by atoms with E-state index in [0.717, 1.165) is 43.8 Å². The Morgan fingerprint density at radius 2 is 2.04 bits per heavy atom. The zero-order chi connectivity index (χ0) is 18.1. The molecule has 2 aliphatic heterocycles. The minimum atomic E-state index is 0.0986. The second-order valence-electron chi connectivity index (χ2n) is 8.11. The van der Waals surface area contributed by atoms with Crippen LogP contribution in [0, 0.1) is 0 Å². The van der Waals surface area contributed by atoms with Gasteiger partial charge < -0.3 is 14.2 Å². The predicted octanol–water partition coefficient (Wildman–Crippen LogP) is 5.42. The van der Waals surface area contributed by atoms with E-state index >= 15 is 0 Å². The number of benzene rings is 1. The first-order valence-corrected chi connectivity index (χ1v) is 9.64. The molecule has 0 radical (unpaired) electrons. The molecule has 1 unspecified atom stereocenters. The molecule has 0 aliphatic carbocycles. The Labute approximate surface area is 152 Å². The molecule has 1 aromatic rings. The fourth-order valence-electron chi connectivity index (χ4n) is 3.79. The number of fused-ring (bicyclic) bond motifs is 1. The van der Waals surface area contributed by atoms with E-state index in [1.165, 1.54) is 11.1 Å². The summed E-state index contributed by atoms with van der Waals surface area (Å²) in [5.74, 6) is 1.84.